The number of likely N-dealkylation sites (tertiary alicyclic amines) is 1. The molecule has 0 bridgehead atoms. The van der Waals surface area contributed by atoms with Crippen LogP contribution in [-0.4, -0.2) is 33.7 Å². The first-order chi connectivity index (χ1) is 12.0. The van der Waals surface area contributed by atoms with Crippen LogP contribution in [0.2, 0.25) is 0 Å². The lowest BCUT2D eigenvalue weighted by molar-refractivity contribution is 0.0685. The quantitative estimate of drug-likeness (QED) is 0.849. The third-order valence-corrected chi connectivity index (χ3v) is 5.59. The fourth-order valence-corrected chi connectivity index (χ4v) is 3.79. The van der Waals surface area contributed by atoms with E-state index in [0.717, 1.165) is 55.2 Å². The zero-order chi connectivity index (χ0) is 18.0. The van der Waals surface area contributed by atoms with Gasteiger partial charge in [-0.1, -0.05) is 29.8 Å². The number of aromatic nitrogens is 2. The zero-order valence-corrected chi connectivity index (χ0v) is 15.9. The second-order valence-corrected chi connectivity index (χ2v) is 7.43. The number of benzene rings is 1. The third kappa shape index (κ3) is 3.94. The van der Waals surface area contributed by atoms with Crippen LogP contribution in [0.4, 0.5) is 0 Å². The smallest absolute Gasteiger partial charge is 0.257 e. The molecule has 0 atom stereocenters. The second kappa shape index (κ2) is 7.42. The van der Waals surface area contributed by atoms with Crippen molar-refractivity contribution in [2.75, 3.05) is 13.1 Å². The first-order valence-corrected chi connectivity index (χ1v) is 9.30. The minimum Gasteiger partial charge on any atom is -0.339 e. The Labute approximate surface area is 150 Å². The van der Waals surface area contributed by atoms with E-state index in [9.17, 15) is 4.79 Å². The number of carbonyl (C=O) groups excluding carboxylic acids is 1. The summed E-state index contributed by atoms with van der Waals surface area (Å²) < 4.78 is 1.80. The van der Waals surface area contributed by atoms with Crippen LogP contribution in [0.5, 0.6) is 0 Å². The molecule has 0 radical (unpaired) electrons. The molecule has 1 amide bonds. The van der Waals surface area contributed by atoms with E-state index < -0.39 is 0 Å². The Morgan fingerprint density at radius 1 is 1.12 bits per heavy atom. The minimum atomic E-state index is 0.153. The Balaban J connectivity index is 1.53. The molecular weight excluding hydrogens is 310 g/mol. The molecule has 1 aromatic carbocycles. The second-order valence-electron chi connectivity index (χ2n) is 7.43. The summed E-state index contributed by atoms with van der Waals surface area (Å²) in [7, 11) is 1.90. The molecule has 0 aliphatic carbocycles. The van der Waals surface area contributed by atoms with Gasteiger partial charge in [0.15, 0.2) is 0 Å². The van der Waals surface area contributed by atoms with Crippen LogP contribution in [-0.2, 0) is 13.5 Å². The highest BCUT2D eigenvalue weighted by Gasteiger charge is 2.27. The maximum absolute atomic E-state index is 12.8. The molecule has 0 spiro atoms. The average Bonchev–Trinajstić information content (AvgIpc) is 2.86. The van der Waals surface area contributed by atoms with Crippen LogP contribution in [0.15, 0.2) is 24.3 Å². The number of carbonyl (C=O) groups is 1. The van der Waals surface area contributed by atoms with Crippen LogP contribution >= 0.6 is 0 Å². The first kappa shape index (κ1) is 17.7. The van der Waals surface area contributed by atoms with Gasteiger partial charge in [0.25, 0.3) is 5.91 Å². The van der Waals surface area contributed by atoms with Crippen molar-refractivity contribution in [2.45, 2.75) is 46.5 Å². The van der Waals surface area contributed by atoms with Crippen LogP contribution in [0.25, 0.3) is 0 Å². The summed E-state index contributed by atoms with van der Waals surface area (Å²) in [5.74, 6) is 0.876. The number of hydrogen-bond acceptors (Lipinski definition) is 2. The van der Waals surface area contributed by atoms with Crippen molar-refractivity contribution in [2.24, 2.45) is 13.0 Å². The molecular formula is C21H29N3O. The molecule has 1 aromatic heterocycles. The van der Waals surface area contributed by atoms with E-state index in [1.165, 1.54) is 17.5 Å². The van der Waals surface area contributed by atoms with Gasteiger partial charge in [-0.05, 0) is 57.9 Å². The maximum Gasteiger partial charge on any atom is 0.257 e. The van der Waals surface area contributed by atoms with Crippen molar-refractivity contribution in [1.29, 1.82) is 0 Å². The fraction of sp³-hybridized carbons (Fsp3) is 0.524. The normalized spacial score (nSPS) is 15.6. The van der Waals surface area contributed by atoms with E-state index in [1.54, 1.807) is 4.68 Å². The van der Waals surface area contributed by atoms with Crippen molar-refractivity contribution >= 4 is 5.91 Å². The predicted octanol–water partition coefficient (Wildman–Crippen LogP) is 3.83. The molecule has 0 saturated carbocycles. The van der Waals surface area contributed by atoms with Gasteiger partial charge in [-0.25, -0.2) is 0 Å². The molecule has 2 aromatic rings. The summed E-state index contributed by atoms with van der Waals surface area (Å²) in [5, 5.41) is 4.38. The van der Waals surface area contributed by atoms with E-state index in [1.807, 2.05) is 25.8 Å². The number of rotatable bonds is 4. The highest BCUT2D eigenvalue weighted by molar-refractivity contribution is 5.96. The van der Waals surface area contributed by atoms with Gasteiger partial charge in [0.05, 0.1) is 11.3 Å². The molecule has 1 fully saturated rings. The van der Waals surface area contributed by atoms with Gasteiger partial charge < -0.3 is 4.90 Å². The average molecular weight is 339 g/mol. The highest BCUT2D eigenvalue weighted by atomic mass is 16.2. The monoisotopic (exact) mass is 339 g/mol. The first-order valence-electron chi connectivity index (χ1n) is 9.30. The summed E-state index contributed by atoms with van der Waals surface area (Å²) in [6.45, 7) is 7.76. The van der Waals surface area contributed by atoms with Gasteiger partial charge in [-0.2, -0.15) is 5.10 Å². The summed E-state index contributed by atoms with van der Waals surface area (Å²) >= 11 is 0. The summed E-state index contributed by atoms with van der Waals surface area (Å²) in [4.78, 5) is 14.9. The van der Waals surface area contributed by atoms with E-state index in [4.69, 9.17) is 0 Å². The number of hydrogen-bond donors (Lipinski definition) is 0. The zero-order valence-electron chi connectivity index (χ0n) is 15.9. The topological polar surface area (TPSA) is 38.1 Å². The molecule has 2 heterocycles. The van der Waals surface area contributed by atoms with Crippen LogP contribution < -0.4 is 0 Å². The van der Waals surface area contributed by atoms with E-state index in [-0.39, 0.29) is 5.91 Å². The van der Waals surface area contributed by atoms with Crippen LogP contribution in [0.1, 0.15) is 52.1 Å². The van der Waals surface area contributed by atoms with Crippen molar-refractivity contribution in [3.05, 3.63) is 52.3 Å². The van der Waals surface area contributed by atoms with E-state index in [2.05, 4.69) is 36.3 Å². The summed E-state index contributed by atoms with van der Waals surface area (Å²) in [5.41, 5.74) is 5.33. The number of piperidine rings is 1. The molecule has 1 saturated heterocycles. The van der Waals surface area contributed by atoms with Gasteiger partial charge in [-0.3, -0.25) is 9.48 Å². The van der Waals surface area contributed by atoms with Crippen molar-refractivity contribution < 1.29 is 4.79 Å². The molecule has 0 N–H and O–H groups in total. The van der Waals surface area contributed by atoms with Gasteiger partial charge in [0.1, 0.15) is 0 Å². The van der Waals surface area contributed by atoms with Crippen molar-refractivity contribution in [1.82, 2.24) is 14.7 Å². The van der Waals surface area contributed by atoms with Gasteiger partial charge in [-0.15, -0.1) is 0 Å². The van der Waals surface area contributed by atoms with Gasteiger partial charge in [0.2, 0.25) is 0 Å². The molecule has 3 rings (SSSR count). The Bertz CT molecular complexity index is 737. The summed E-state index contributed by atoms with van der Waals surface area (Å²) in [6, 6.07) is 8.86. The van der Waals surface area contributed by atoms with Gasteiger partial charge in [0, 0.05) is 25.8 Å². The minimum absolute atomic E-state index is 0.153. The standard InChI is InChI=1S/C21H29N3O/c1-15-5-7-18(8-6-15)9-10-19-11-13-24(14-12-19)21(25)20-16(2)22-23(4)17(20)3/h5-8,19H,9-14H2,1-4H3. The Kier molecular flexibility index (Phi) is 5.26. The van der Waals surface area contributed by atoms with E-state index >= 15 is 0 Å². The Morgan fingerprint density at radius 3 is 2.32 bits per heavy atom. The molecule has 1 aliphatic rings. The Morgan fingerprint density at radius 2 is 1.76 bits per heavy atom. The number of aryl methyl sites for hydroxylation is 4. The lowest BCUT2D eigenvalue weighted by Gasteiger charge is -2.32. The molecule has 1 aliphatic heterocycles. The lowest BCUT2D eigenvalue weighted by Crippen LogP contribution is -2.39. The molecule has 0 unspecified atom stereocenters. The Hall–Kier alpha value is -2.10. The number of amides is 1. The molecule has 4 nitrogen and oxygen atoms in total. The van der Waals surface area contributed by atoms with Crippen LogP contribution in [0.3, 0.4) is 0 Å². The highest BCUT2D eigenvalue weighted by Crippen LogP contribution is 2.25. The molecule has 25 heavy (non-hydrogen) atoms. The summed E-state index contributed by atoms with van der Waals surface area (Å²) in [6.07, 6.45) is 4.57. The predicted molar refractivity (Wildman–Crippen MR) is 101 cm³/mol. The van der Waals surface area contributed by atoms with E-state index in [0.29, 0.717) is 0 Å². The van der Waals surface area contributed by atoms with Crippen molar-refractivity contribution in [3.8, 4) is 0 Å². The largest absolute Gasteiger partial charge is 0.339 e. The van der Waals surface area contributed by atoms with Crippen molar-refractivity contribution in [3.63, 3.8) is 0 Å². The molecule has 134 valence electrons. The lowest BCUT2D eigenvalue weighted by atomic mass is 9.90. The fourth-order valence-electron chi connectivity index (χ4n) is 3.79. The van der Waals surface area contributed by atoms with Gasteiger partial charge >= 0.3 is 0 Å². The maximum atomic E-state index is 12.8. The number of nitrogens with zero attached hydrogens (tertiary/aromatic N) is 3. The SMILES string of the molecule is Cc1ccc(CCC2CCN(C(=O)c3c(C)nn(C)c3C)CC2)cc1. The third-order valence-electron chi connectivity index (χ3n) is 5.59. The van der Waals surface area contributed by atoms with Crippen LogP contribution in [0, 0.1) is 26.7 Å². The molecule has 4 heteroatoms.